The summed E-state index contributed by atoms with van der Waals surface area (Å²) in [4.78, 5) is 23.9. The normalized spacial score (nSPS) is 16.9. The monoisotopic (exact) mass is 543 g/mol. The Labute approximate surface area is 242 Å². The zero-order valence-electron chi connectivity index (χ0n) is 23.7. The lowest BCUT2D eigenvalue weighted by atomic mass is 10.0. The number of nitrogens with one attached hydrogen (secondary N) is 1. The summed E-state index contributed by atoms with van der Waals surface area (Å²) in [5.74, 6) is 0.113. The van der Waals surface area contributed by atoms with E-state index in [1.54, 1.807) is 6.20 Å². The molecule has 0 unspecified atom stereocenters. The Bertz CT molecular complexity index is 1080. The molecule has 2 saturated heterocycles. The zero-order chi connectivity index (χ0) is 27.3. The van der Waals surface area contributed by atoms with Crippen LogP contribution in [0.1, 0.15) is 62.0 Å². The van der Waals surface area contributed by atoms with E-state index < -0.39 is 0 Å². The van der Waals surface area contributed by atoms with Crippen molar-refractivity contribution in [2.24, 2.45) is 0 Å². The highest BCUT2D eigenvalue weighted by Gasteiger charge is 2.25. The highest BCUT2D eigenvalue weighted by molar-refractivity contribution is 5.78. The minimum atomic E-state index is 0. The first-order valence-corrected chi connectivity index (χ1v) is 14.5. The molecule has 1 aromatic heterocycles. The number of carbonyl (C=O) groups is 1. The summed E-state index contributed by atoms with van der Waals surface area (Å²) in [6.07, 6.45) is 7.33. The van der Waals surface area contributed by atoms with Crippen molar-refractivity contribution in [3.63, 3.8) is 0 Å². The van der Waals surface area contributed by atoms with Gasteiger partial charge in [0.2, 0.25) is 5.91 Å². The SMILES string of the molecule is C.CN(C(=O)Cc1ccccn1)[C@H](CN1CCCC1)c1ccccc1.CN[C@H](CN1CCCC1)c1ccccc1. The van der Waals surface area contributed by atoms with Crippen LogP contribution in [0.15, 0.2) is 85.1 Å². The van der Waals surface area contributed by atoms with Crippen molar-refractivity contribution < 1.29 is 4.79 Å². The van der Waals surface area contributed by atoms with Gasteiger partial charge < -0.3 is 20.0 Å². The number of nitrogens with zero attached hydrogens (tertiary/aromatic N) is 4. The number of hydrogen-bond acceptors (Lipinski definition) is 5. The number of carbonyl (C=O) groups excluding carboxylic acids is 1. The van der Waals surface area contributed by atoms with Gasteiger partial charge in [0.25, 0.3) is 0 Å². The number of rotatable bonds is 10. The van der Waals surface area contributed by atoms with Gasteiger partial charge >= 0.3 is 0 Å². The highest BCUT2D eigenvalue weighted by atomic mass is 16.2. The van der Waals surface area contributed by atoms with Crippen molar-refractivity contribution in [3.8, 4) is 0 Å². The van der Waals surface area contributed by atoms with Crippen LogP contribution >= 0.6 is 0 Å². The van der Waals surface area contributed by atoms with Crippen molar-refractivity contribution in [2.75, 3.05) is 53.4 Å². The van der Waals surface area contributed by atoms with E-state index in [4.69, 9.17) is 0 Å². The lowest BCUT2D eigenvalue weighted by Gasteiger charge is -2.32. The van der Waals surface area contributed by atoms with Gasteiger partial charge in [-0.25, -0.2) is 0 Å². The molecule has 40 heavy (non-hydrogen) atoms. The number of pyridine rings is 1. The van der Waals surface area contributed by atoms with Crippen LogP contribution in [0.4, 0.5) is 0 Å². The molecule has 0 bridgehead atoms. The standard InChI is InChI=1S/C20H25N3O.C13H20N2.CH4/c1-22(20(24)15-18-11-5-6-12-21-18)19(16-23-13-7-8-14-23)17-9-3-2-4-10-17;1-14-13(11-15-9-5-6-10-15)12-7-3-2-4-8-12;/h2-6,9-12,19H,7-8,13-16H2,1H3;2-4,7-8,13-14H,5-6,9-11H2,1H3;1H4/t19-;13-;/m11./s1. The van der Waals surface area contributed by atoms with Gasteiger partial charge in [-0.05, 0) is 82.2 Å². The van der Waals surface area contributed by atoms with Crippen LogP contribution in [0.2, 0.25) is 0 Å². The summed E-state index contributed by atoms with van der Waals surface area (Å²) >= 11 is 0. The van der Waals surface area contributed by atoms with E-state index in [-0.39, 0.29) is 19.4 Å². The van der Waals surface area contributed by atoms with Gasteiger partial charge in [-0.15, -0.1) is 0 Å². The molecule has 3 heterocycles. The summed E-state index contributed by atoms with van der Waals surface area (Å²) in [5.41, 5.74) is 3.41. The van der Waals surface area contributed by atoms with E-state index >= 15 is 0 Å². The third kappa shape index (κ3) is 9.54. The minimum absolute atomic E-state index is 0. The first-order chi connectivity index (χ1) is 19.1. The molecule has 216 valence electrons. The van der Waals surface area contributed by atoms with Crippen LogP contribution in [-0.4, -0.2) is 79.0 Å². The largest absolute Gasteiger partial charge is 0.337 e. The third-order valence-corrected chi connectivity index (χ3v) is 7.92. The molecular formula is C34H49N5O. The maximum atomic E-state index is 12.8. The van der Waals surface area contributed by atoms with Gasteiger partial charge in [0.15, 0.2) is 0 Å². The molecule has 2 aliphatic heterocycles. The zero-order valence-corrected chi connectivity index (χ0v) is 23.7. The summed E-state index contributed by atoms with van der Waals surface area (Å²) < 4.78 is 0. The molecule has 0 radical (unpaired) electrons. The van der Waals surface area contributed by atoms with Crippen LogP contribution in [0.3, 0.4) is 0 Å². The second-order valence-corrected chi connectivity index (χ2v) is 10.7. The third-order valence-electron chi connectivity index (χ3n) is 7.92. The Morgan fingerprint density at radius 2 is 1.32 bits per heavy atom. The molecule has 0 spiro atoms. The van der Waals surface area contributed by atoms with Gasteiger partial charge in [-0.3, -0.25) is 9.78 Å². The minimum Gasteiger partial charge on any atom is -0.337 e. The van der Waals surface area contributed by atoms with Gasteiger partial charge in [0, 0.05) is 38.1 Å². The van der Waals surface area contributed by atoms with E-state index in [0.717, 1.165) is 31.9 Å². The number of benzene rings is 2. The Morgan fingerprint density at radius 1 is 0.800 bits per heavy atom. The van der Waals surface area contributed by atoms with E-state index in [1.807, 2.05) is 55.4 Å². The lowest BCUT2D eigenvalue weighted by Crippen LogP contribution is -2.39. The van der Waals surface area contributed by atoms with E-state index in [2.05, 4.69) is 62.6 Å². The molecule has 1 amide bonds. The maximum Gasteiger partial charge on any atom is 0.228 e. The summed E-state index contributed by atoms with van der Waals surface area (Å²) in [7, 11) is 3.97. The topological polar surface area (TPSA) is 51.7 Å². The fourth-order valence-electron chi connectivity index (χ4n) is 5.56. The average molecular weight is 544 g/mol. The Morgan fingerprint density at radius 3 is 1.85 bits per heavy atom. The van der Waals surface area contributed by atoms with Crippen LogP contribution in [-0.2, 0) is 11.2 Å². The van der Waals surface area contributed by atoms with Crippen LogP contribution < -0.4 is 5.32 Å². The second-order valence-electron chi connectivity index (χ2n) is 10.7. The summed E-state index contributed by atoms with van der Waals surface area (Å²) in [6, 6.07) is 27.3. The number of aromatic nitrogens is 1. The maximum absolute atomic E-state index is 12.8. The van der Waals surface area contributed by atoms with Crippen LogP contribution in [0, 0.1) is 0 Å². The van der Waals surface area contributed by atoms with Crippen molar-refractivity contribution in [2.45, 2.75) is 51.6 Å². The number of amides is 1. The van der Waals surface area contributed by atoms with Crippen LogP contribution in [0.5, 0.6) is 0 Å². The van der Waals surface area contributed by atoms with Gasteiger partial charge in [-0.2, -0.15) is 0 Å². The first-order valence-electron chi connectivity index (χ1n) is 14.5. The fourth-order valence-corrected chi connectivity index (χ4v) is 5.56. The van der Waals surface area contributed by atoms with Crippen molar-refractivity contribution in [1.29, 1.82) is 0 Å². The first kappa shape index (κ1) is 31.5. The van der Waals surface area contributed by atoms with E-state index in [9.17, 15) is 4.79 Å². The summed E-state index contributed by atoms with van der Waals surface area (Å²) in [6.45, 7) is 6.84. The molecule has 5 rings (SSSR count). The summed E-state index contributed by atoms with van der Waals surface area (Å²) in [5, 5.41) is 3.40. The fraction of sp³-hybridized carbons (Fsp3) is 0.471. The van der Waals surface area contributed by atoms with Crippen LogP contribution in [0.25, 0.3) is 0 Å². The lowest BCUT2D eigenvalue weighted by molar-refractivity contribution is -0.131. The van der Waals surface area contributed by atoms with Crippen molar-refractivity contribution >= 4 is 5.91 Å². The van der Waals surface area contributed by atoms with Gasteiger partial charge in [0.05, 0.1) is 12.5 Å². The molecule has 1 N–H and O–H groups in total. The second kappa shape index (κ2) is 16.9. The molecule has 3 aromatic rings. The molecule has 6 heteroatoms. The molecule has 6 nitrogen and oxygen atoms in total. The van der Waals surface area contributed by atoms with E-state index in [1.165, 1.54) is 49.9 Å². The Kier molecular flexibility index (Phi) is 13.3. The predicted octanol–water partition coefficient (Wildman–Crippen LogP) is 5.60. The number of hydrogen-bond donors (Lipinski definition) is 1. The number of likely N-dealkylation sites (N-methyl/N-ethyl adjacent to an activating group) is 2. The van der Waals surface area contributed by atoms with Crippen molar-refractivity contribution in [1.82, 2.24) is 25.0 Å². The molecule has 2 aliphatic rings. The van der Waals surface area contributed by atoms with Gasteiger partial charge in [-0.1, -0.05) is 74.2 Å². The smallest absolute Gasteiger partial charge is 0.228 e. The molecule has 2 fully saturated rings. The van der Waals surface area contributed by atoms with Crippen molar-refractivity contribution in [3.05, 3.63) is 102 Å². The molecule has 0 saturated carbocycles. The van der Waals surface area contributed by atoms with Gasteiger partial charge in [0.1, 0.15) is 0 Å². The number of likely N-dealkylation sites (tertiary alicyclic amines) is 2. The predicted molar refractivity (Wildman–Crippen MR) is 166 cm³/mol. The quantitative estimate of drug-likeness (QED) is 0.361. The molecule has 0 aliphatic carbocycles. The Hall–Kier alpha value is -3.06. The highest BCUT2D eigenvalue weighted by Crippen LogP contribution is 2.23. The molecule has 2 aromatic carbocycles. The Balaban J connectivity index is 0.000000238. The van der Waals surface area contributed by atoms with E-state index in [0.29, 0.717) is 12.5 Å². The average Bonchev–Trinajstić information content (AvgIpc) is 3.71. The molecule has 2 atom stereocenters. The molecular weight excluding hydrogens is 494 g/mol.